The van der Waals surface area contributed by atoms with Crippen molar-refractivity contribution in [3.8, 4) is 6.07 Å². The number of alkyl carbamates (subject to hydrolysis) is 1. The van der Waals surface area contributed by atoms with Crippen LogP contribution in [0.3, 0.4) is 0 Å². The van der Waals surface area contributed by atoms with Crippen molar-refractivity contribution >= 4 is 46.6 Å². The summed E-state index contributed by atoms with van der Waals surface area (Å²) < 4.78 is 4.58. The molecule has 32 heavy (non-hydrogen) atoms. The third kappa shape index (κ3) is 6.54. The number of anilines is 1. The Morgan fingerprint density at radius 1 is 1.28 bits per heavy atom. The van der Waals surface area contributed by atoms with Crippen molar-refractivity contribution in [1.29, 1.82) is 5.26 Å². The van der Waals surface area contributed by atoms with Gasteiger partial charge in [0.05, 0.1) is 18.0 Å². The van der Waals surface area contributed by atoms with Crippen molar-refractivity contribution in [2.24, 2.45) is 5.10 Å². The second-order valence-corrected chi connectivity index (χ2v) is 7.57. The summed E-state index contributed by atoms with van der Waals surface area (Å²) in [5, 5.41) is 21.7. The number of hydrogen-bond donors (Lipinski definition) is 3. The largest absolute Gasteiger partial charge is 0.450 e. The van der Waals surface area contributed by atoms with Crippen LogP contribution in [0.1, 0.15) is 43.5 Å². The molecule has 0 saturated carbocycles. The summed E-state index contributed by atoms with van der Waals surface area (Å²) in [5.74, 6) is -1.01. The third-order valence-electron chi connectivity index (χ3n) is 4.12. The Kier molecular flexibility index (Phi) is 8.75. The van der Waals surface area contributed by atoms with E-state index in [0.29, 0.717) is 22.5 Å². The third-order valence-corrected chi connectivity index (χ3v) is 4.79. The maximum absolute atomic E-state index is 11.9. The van der Waals surface area contributed by atoms with E-state index in [2.05, 4.69) is 25.5 Å². The van der Waals surface area contributed by atoms with Crippen LogP contribution in [0.4, 0.5) is 10.5 Å². The molecule has 3 N–H and O–H groups in total. The molecule has 2 aromatic rings. The quantitative estimate of drug-likeness (QED) is 0.407. The van der Waals surface area contributed by atoms with Crippen LogP contribution in [0.2, 0.25) is 10.0 Å². The first kappa shape index (κ1) is 24.8. The predicted molar refractivity (Wildman–Crippen MR) is 120 cm³/mol. The van der Waals surface area contributed by atoms with Crippen molar-refractivity contribution in [2.45, 2.75) is 33.1 Å². The molecule has 0 atom stereocenters. The lowest BCUT2D eigenvalue weighted by atomic mass is 10.0. The van der Waals surface area contributed by atoms with Gasteiger partial charge in [-0.25, -0.2) is 9.89 Å². The zero-order valence-corrected chi connectivity index (χ0v) is 19.0. The van der Waals surface area contributed by atoms with Crippen LogP contribution >= 0.6 is 23.2 Å². The van der Waals surface area contributed by atoms with E-state index in [1.165, 1.54) is 12.1 Å². The van der Waals surface area contributed by atoms with Crippen molar-refractivity contribution in [3.05, 3.63) is 55.4 Å². The minimum Gasteiger partial charge on any atom is -0.450 e. The molecule has 0 fully saturated rings. The number of halogens is 2. The lowest BCUT2D eigenvalue weighted by molar-refractivity contribution is -0.114. The second-order valence-electron chi connectivity index (χ2n) is 6.75. The maximum atomic E-state index is 11.9. The summed E-state index contributed by atoms with van der Waals surface area (Å²) in [5.41, 5.74) is 3.70. The van der Waals surface area contributed by atoms with Crippen LogP contribution in [0, 0.1) is 11.3 Å². The average molecular weight is 479 g/mol. The lowest BCUT2D eigenvalue weighted by Crippen LogP contribution is -2.36. The van der Waals surface area contributed by atoms with Gasteiger partial charge >= 0.3 is 6.09 Å². The van der Waals surface area contributed by atoms with Gasteiger partial charge in [0.2, 0.25) is 5.71 Å². The van der Waals surface area contributed by atoms with E-state index in [4.69, 9.17) is 28.5 Å². The first-order valence-corrected chi connectivity index (χ1v) is 10.2. The highest BCUT2D eigenvalue weighted by Crippen LogP contribution is 2.31. The van der Waals surface area contributed by atoms with Gasteiger partial charge in [-0.15, -0.1) is 0 Å². The van der Waals surface area contributed by atoms with E-state index in [1.807, 2.05) is 19.2 Å². The summed E-state index contributed by atoms with van der Waals surface area (Å²) in [6.45, 7) is 5.43. The van der Waals surface area contributed by atoms with Gasteiger partial charge in [0.25, 0.3) is 11.5 Å². The van der Waals surface area contributed by atoms with E-state index in [-0.39, 0.29) is 34.6 Å². The Bertz CT molecular complexity index is 1130. The summed E-state index contributed by atoms with van der Waals surface area (Å²) in [4.78, 5) is 35.1. The first-order chi connectivity index (χ1) is 15.2. The Morgan fingerprint density at radius 3 is 2.50 bits per heavy atom. The van der Waals surface area contributed by atoms with Gasteiger partial charge in [-0.1, -0.05) is 37.0 Å². The number of carbonyl (C=O) groups excluding carboxylic acids is 2. The average Bonchev–Trinajstić information content (AvgIpc) is 2.72. The Morgan fingerprint density at radius 2 is 1.94 bits per heavy atom. The topological polar surface area (TPSA) is 149 Å². The van der Waals surface area contributed by atoms with Crippen molar-refractivity contribution in [2.75, 3.05) is 12.0 Å². The molecule has 0 bridgehead atoms. The molecule has 0 aliphatic rings. The number of amides is 2. The molecule has 0 radical (unpaired) electrons. The molecule has 10 nitrogen and oxygen atoms in total. The molecular formula is C20H20Cl2N6O4. The van der Waals surface area contributed by atoms with E-state index in [0.717, 1.165) is 0 Å². The van der Waals surface area contributed by atoms with Crippen LogP contribution in [-0.4, -0.2) is 34.5 Å². The zero-order valence-electron chi connectivity index (χ0n) is 17.5. The number of hydrogen-bond acceptors (Lipinski definition) is 8. The minimum atomic E-state index is -1.03. The molecule has 1 aromatic heterocycles. The van der Waals surface area contributed by atoms with Crippen LogP contribution < -0.4 is 16.3 Å². The normalized spacial score (nSPS) is 11.1. The van der Waals surface area contributed by atoms with Gasteiger partial charge in [0, 0.05) is 22.0 Å². The fraction of sp³-hybridized carbons (Fsp3) is 0.300. The SMILES string of the molecule is CCOC(=O)NC(=O)/C(C#N)=N\Nc1cc(Cl)c(Cc2cc(C(C)C)c(=O)[nH]n2)c(Cl)c1. The van der Waals surface area contributed by atoms with E-state index in [9.17, 15) is 14.4 Å². The molecule has 168 valence electrons. The summed E-state index contributed by atoms with van der Waals surface area (Å²) in [6, 6.07) is 6.28. The first-order valence-electron chi connectivity index (χ1n) is 9.44. The molecule has 0 aliphatic carbocycles. The molecule has 2 rings (SSSR count). The fourth-order valence-electron chi connectivity index (χ4n) is 2.57. The Hall–Kier alpha value is -3.42. The number of imide groups is 1. The summed E-state index contributed by atoms with van der Waals surface area (Å²) >= 11 is 12.7. The van der Waals surface area contributed by atoms with Gasteiger partial charge in [-0.2, -0.15) is 15.5 Å². The number of aromatic amines is 1. The van der Waals surface area contributed by atoms with E-state index in [1.54, 1.807) is 19.1 Å². The number of rotatable bonds is 7. The number of aromatic nitrogens is 2. The number of nitrogens with one attached hydrogen (secondary N) is 3. The van der Waals surface area contributed by atoms with Gasteiger partial charge < -0.3 is 4.74 Å². The van der Waals surface area contributed by atoms with Crippen LogP contribution in [0.5, 0.6) is 0 Å². The number of nitrogens with zero attached hydrogens (tertiary/aromatic N) is 3. The zero-order chi connectivity index (χ0) is 23.8. The van der Waals surface area contributed by atoms with E-state index >= 15 is 0 Å². The number of benzene rings is 1. The van der Waals surface area contributed by atoms with Crippen LogP contribution in [0.15, 0.2) is 28.1 Å². The molecule has 0 saturated heterocycles. The number of H-pyrrole nitrogens is 1. The number of ether oxygens (including phenoxy) is 1. The second kappa shape index (κ2) is 11.3. The van der Waals surface area contributed by atoms with Gasteiger partial charge in [-0.05, 0) is 36.6 Å². The van der Waals surface area contributed by atoms with Crippen LogP contribution in [0.25, 0.3) is 0 Å². The highest BCUT2D eigenvalue weighted by atomic mass is 35.5. The van der Waals surface area contributed by atoms with Crippen molar-refractivity contribution < 1.29 is 14.3 Å². The lowest BCUT2D eigenvalue weighted by Gasteiger charge is -2.11. The van der Waals surface area contributed by atoms with Gasteiger partial charge in [0.15, 0.2) is 0 Å². The minimum absolute atomic E-state index is 0.0197. The van der Waals surface area contributed by atoms with Crippen molar-refractivity contribution in [1.82, 2.24) is 15.5 Å². The monoisotopic (exact) mass is 478 g/mol. The fourth-order valence-corrected chi connectivity index (χ4v) is 3.19. The molecule has 1 heterocycles. The number of carbonyl (C=O) groups is 2. The molecule has 1 aromatic carbocycles. The molecule has 0 aliphatic heterocycles. The molecular weight excluding hydrogens is 459 g/mol. The summed E-state index contributed by atoms with van der Waals surface area (Å²) in [7, 11) is 0. The molecule has 0 unspecified atom stereocenters. The molecule has 2 amide bonds. The molecule has 12 heteroatoms. The maximum Gasteiger partial charge on any atom is 0.414 e. The van der Waals surface area contributed by atoms with Gasteiger partial charge in [-0.3, -0.25) is 20.3 Å². The van der Waals surface area contributed by atoms with Gasteiger partial charge in [0.1, 0.15) is 6.07 Å². The Balaban J connectivity index is 2.20. The number of nitriles is 1. The Labute approximate surface area is 193 Å². The standard InChI is InChI=1S/C20H20Cl2N6O4/c1-4-32-20(31)24-19(30)17(9-23)27-25-12-7-15(21)14(16(22)8-12)6-11-5-13(10(2)3)18(29)28-26-11/h5,7-8,10,25H,4,6H2,1-3H3,(H,28,29)(H,24,30,31)/b27-17-. The summed E-state index contributed by atoms with van der Waals surface area (Å²) in [6.07, 6.45) is -0.726. The van der Waals surface area contributed by atoms with E-state index < -0.39 is 17.7 Å². The predicted octanol–water partition coefficient (Wildman–Crippen LogP) is 3.36. The smallest absolute Gasteiger partial charge is 0.414 e. The number of hydrazone groups is 1. The molecule has 0 spiro atoms. The van der Waals surface area contributed by atoms with Crippen molar-refractivity contribution in [3.63, 3.8) is 0 Å². The highest BCUT2D eigenvalue weighted by molar-refractivity contribution is 6.47. The highest BCUT2D eigenvalue weighted by Gasteiger charge is 2.16. The van der Waals surface area contributed by atoms with Crippen LogP contribution in [-0.2, 0) is 16.0 Å².